The molecule has 0 aliphatic carbocycles. The summed E-state index contributed by atoms with van der Waals surface area (Å²) in [6.45, 7) is 0. The maximum absolute atomic E-state index is 12.1. The summed E-state index contributed by atoms with van der Waals surface area (Å²) < 4.78 is 5.83. The van der Waals surface area contributed by atoms with Crippen molar-refractivity contribution >= 4 is 27.5 Å². The Morgan fingerprint density at radius 1 is 1.25 bits per heavy atom. The van der Waals surface area contributed by atoms with Crippen molar-refractivity contribution < 1.29 is 9.53 Å². The van der Waals surface area contributed by atoms with Crippen LogP contribution in [0.1, 0.15) is 15.9 Å². The van der Waals surface area contributed by atoms with E-state index in [1.165, 1.54) is 0 Å². The van der Waals surface area contributed by atoms with Gasteiger partial charge in [0.2, 0.25) is 0 Å². The number of hydrogen-bond acceptors (Lipinski definition) is 3. The van der Waals surface area contributed by atoms with Crippen LogP contribution in [0, 0.1) is 11.3 Å². The molecule has 2 aromatic rings. The van der Waals surface area contributed by atoms with Crippen molar-refractivity contribution in [3.8, 4) is 11.8 Å². The minimum atomic E-state index is -0.276. The minimum absolute atomic E-state index is 0.276. The molecule has 100 valence electrons. The first-order valence-corrected chi connectivity index (χ1v) is 6.58. The van der Waals surface area contributed by atoms with Gasteiger partial charge in [0.1, 0.15) is 11.8 Å². The average molecular weight is 331 g/mol. The zero-order valence-corrected chi connectivity index (χ0v) is 12.3. The lowest BCUT2D eigenvalue weighted by atomic mass is 10.1. The second-order valence-corrected chi connectivity index (χ2v) is 4.90. The maximum Gasteiger partial charge on any atom is 0.255 e. The number of halogens is 1. The molecule has 0 spiro atoms. The standard InChI is InChI=1S/C15H11BrN2O2/c1-20-13-6-3-10(4-7-13)15(19)18-14-8-12(16)5-2-11(14)9-17/h2-8H,1H3,(H,18,19). The van der Waals surface area contributed by atoms with E-state index in [0.29, 0.717) is 22.6 Å². The number of ether oxygens (including phenoxy) is 1. The Kier molecular flexibility index (Phi) is 4.38. The van der Waals surface area contributed by atoms with Gasteiger partial charge >= 0.3 is 0 Å². The van der Waals surface area contributed by atoms with E-state index >= 15 is 0 Å². The highest BCUT2D eigenvalue weighted by Gasteiger charge is 2.09. The number of carbonyl (C=O) groups is 1. The molecule has 0 aliphatic rings. The zero-order chi connectivity index (χ0) is 14.5. The molecule has 1 amide bonds. The Balaban J connectivity index is 2.23. The summed E-state index contributed by atoms with van der Waals surface area (Å²) in [6, 6.07) is 13.9. The van der Waals surface area contributed by atoms with Crippen molar-refractivity contribution in [1.82, 2.24) is 0 Å². The lowest BCUT2D eigenvalue weighted by Crippen LogP contribution is -2.12. The van der Waals surface area contributed by atoms with E-state index in [0.717, 1.165) is 4.47 Å². The lowest BCUT2D eigenvalue weighted by Gasteiger charge is -2.08. The van der Waals surface area contributed by atoms with Crippen LogP contribution in [0.15, 0.2) is 46.9 Å². The van der Waals surface area contributed by atoms with Gasteiger partial charge in [-0.3, -0.25) is 4.79 Å². The molecular weight excluding hydrogens is 320 g/mol. The van der Waals surface area contributed by atoms with Gasteiger partial charge in [0.05, 0.1) is 18.4 Å². The average Bonchev–Trinajstić information content (AvgIpc) is 2.47. The first-order chi connectivity index (χ1) is 9.63. The molecule has 0 fully saturated rings. The Morgan fingerprint density at radius 3 is 2.55 bits per heavy atom. The molecule has 2 aromatic carbocycles. The van der Waals surface area contributed by atoms with E-state index in [2.05, 4.69) is 21.2 Å². The lowest BCUT2D eigenvalue weighted by molar-refractivity contribution is 0.102. The molecule has 2 rings (SSSR count). The predicted molar refractivity (Wildman–Crippen MR) is 79.8 cm³/mol. The van der Waals surface area contributed by atoms with Crippen molar-refractivity contribution in [3.05, 3.63) is 58.1 Å². The topological polar surface area (TPSA) is 62.1 Å². The smallest absolute Gasteiger partial charge is 0.255 e. The highest BCUT2D eigenvalue weighted by molar-refractivity contribution is 9.10. The minimum Gasteiger partial charge on any atom is -0.497 e. The van der Waals surface area contributed by atoms with E-state index in [4.69, 9.17) is 10.00 Å². The van der Waals surface area contributed by atoms with Crippen LogP contribution in [-0.2, 0) is 0 Å². The summed E-state index contributed by atoms with van der Waals surface area (Å²) in [5.74, 6) is 0.406. The number of nitrogens with one attached hydrogen (secondary N) is 1. The van der Waals surface area contributed by atoms with Crippen LogP contribution in [0.5, 0.6) is 5.75 Å². The van der Waals surface area contributed by atoms with Gasteiger partial charge in [-0.05, 0) is 42.5 Å². The summed E-state index contributed by atoms with van der Waals surface area (Å²) in [5.41, 5.74) is 1.38. The number of benzene rings is 2. The van der Waals surface area contributed by atoms with Crippen molar-refractivity contribution in [2.45, 2.75) is 0 Å². The molecule has 0 bridgehead atoms. The summed E-state index contributed by atoms with van der Waals surface area (Å²) in [4.78, 5) is 12.1. The molecular formula is C15H11BrN2O2. The molecule has 4 nitrogen and oxygen atoms in total. The fraction of sp³-hybridized carbons (Fsp3) is 0.0667. The predicted octanol–water partition coefficient (Wildman–Crippen LogP) is 3.58. The Bertz CT molecular complexity index is 675. The van der Waals surface area contributed by atoms with Crippen molar-refractivity contribution in [1.29, 1.82) is 5.26 Å². The van der Waals surface area contributed by atoms with E-state index in [1.807, 2.05) is 6.07 Å². The quantitative estimate of drug-likeness (QED) is 0.935. The zero-order valence-electron chi connectivity index (χ0n) is 10.7. The van der Waals surface area contributed by atoms with Crippen LogP contribution < -0.4 is 10.1 Å². The third kappa shape index (κ3) is 3.16. The van der Waals surface area contributed by atoms with Gasteiger partial charge in [-0.25, -0.2) is 0 Å². The largest absolute Gasteiger partial charge is 0.497 e. The second-order valence-electron chi connectivity index (χ2n) is 3.98. The highest BCUT2D eigenvalue weighted by atomic mass is 79.9. The number of methoxy groups -OCH3 is 1. The van der Waals surface area contributed by atoms with Crippen molar-refractivity contribution in [2.24, 2.45) is 0 Å². The molecule has 0 saturated carbocycles. The van der Waals surface area contributed by atoms with E-state index in [9.17, 15) is 4.79 Å². The number of nitrogens with zero attached hydrogens (tertiary/aromatic N) is 1. The summed E-state index contributed by atoms with van der Waals surface area (Å²) in [7, 11) is 1.57. The van der Waals surface area contributed by atoms with E-state index in [-0.39, 0.29) is 5.91 Å². The van der Waals surface area contributed by atoms with Gasteiger partial charge < -0.3 is 10.1 Å². The number of hydrogen-bond donors (Lipinski definition) is 1. The van der Waals surface area contributed by atoms with Crippen LogP contribution in [0.25, 0.3) is 0 Å². The van der Waals surface area contributed by atoms with E-state index in [1.54, 1.807) is 49.6 Å². The molecule has 0 aromatic heterocycles. The monoisotopic (exact) mass is 330 g/mol. The summed E-state index contributed by atoms with van der Waals surface area (Å²) in [5, 5.41) is 11.8. The third-order valence-corrected chi connectivity index (χ3v) is 3.20. The first kappa shape index (κ1) is 14.1. The molecule has 0 heterocycles. The van der Waals surface area contributed by atoms with Gasteiger partial charge in [-0.2, -0.15) is 5.26 Å². The van der Waals surface area contributed by atoms with Crippen LogP contribution >= 0.6 is 15.9 Å². The summed E-state index contributed by atoms with van der Waals surface area (Å²) >= 11 is 3.31. The Hall–Kier alpha value is -2.32. The normalized spacial score (nSPS) is 9.65. The molecule has 0 unspecified atom stereocenters. The van der Waals surface area contributed by atoms with Crippen LogP contribution in [0.3, 0.4) is 0 Å². The van der Waals surface area contributed by atoms with Crippen molar-refractivity contribution in [3.63, 3.8) is 0 Å². The molecule has 20 heavy (non-hydrogen) atoms. The highest BCUT2D eigenvalue weighted by Crippen LogP contribution is 2.22. The molecule has 0 radical (unpaired) electrons. The van der Waals surface area contributed by atoms with Gasteiger partial charge in [-0.1, -0.05) is 15.9 Å². The number of carbonyl (C=O) groups excluding carboxylic acids is 1. The Labute approximate surface area is 125 Å². The molecule has 0 atom stereocenters. The van der Waals surface area contributed by atoms with Crippen LogP contribution in [0.4, 0.5) is 5.69 Å². The van der Waals surface area contributed by atoms with Gasteiger partial charge in [0, 0.05) is 10.0 Å². The van der Waals surface area contributed by atoms with Gasteiger partial charge in [-0.15, -0.1) is 0 Å². The van der Waals surface area contributed by atoms with Gasteiger partial charge in [0.25, 0.3) is 5.91 Å². The second kappa shape index (κ2) is 6.22. The van der Waals surface area contributed by atoms with E-state index < -0.39 is 0 Å². The number of rotatable bonds is 3. The van der Waals surface area contributed by atoms with Crippen LogP contribution in [0.2, 0.25) is 0 Å². The number of nitriles is 1. The molecule has 0 aliphatic heterocycles. The molecule has 0 saturated heterocycles. The van der Waals surface area contributed by atoms with Gasteiger partial charge in [0.15, 0.2) is 0 Å². The fourth-order valence-electron chi connectivity index (χ4n) is 1.65. The Morgan fingerprint density at radius 2 is 1.95 bits per heavy atom. The molecule has 1 N–H and O–H groups in total. The molecule has 5 heteroatoms. The fourth-order valence-corrected chi connectivity index (χ4v) is 2.02. The van der Waals surface area contributed by atoms with Crippen molar-refractivity contribution in [2.75, 3.05) is 12.4 Å². The maximum atomic E-state index is 12.1. The van der Waals surface area contributed by atoms with Crippen LogP contribution in [-0.4, -0.2) is 13.0 Å². The third-order valence-electron chi connectivity index (χ3n) is 2.70. The number of amides is 1. The number of anilines is 1. The first-order valence-electron chi connectivity index (χ1n) is 5.79. The SMILES string of the molecule is COc1ccc(C(=O)Nc2cc(Br)ccc2C#N)cc1. The summed E-state index contributed by atoms with van der Waals surface area (Å²) in [6.07, 6.45) is 0.